The van der Waals surface area contributed by atoms with E-state index in [1.165, 1.54) is 5.56 Å². The number of anilines is 1. The molecule has 1 aliphatic rings. The zero-order chi connectivity index (χ0) is 27.2. The molecule has 0 unspecified atom stereocenters. The zero-order valence-electron chi connectivity index (χ0n) is 22.3. The summed E-state index contributed by atoms with van der Waals surface area (Å²) in [6.07, 6.45) is 1.68. The standard InChI is InChI=1S/C29H26N8.C2H6/c30-18-20-3-7-22(8-4-20)25-11-12-26-29(34-25)37(28(35-26)24-2-1-13-33-27(24)31)23-9-5-21(6-10-23)19-36-16-14-32-15-17-36;1-2/h1-13,32H,14-17,19H2,(H2,31,33);1-2H3. The first-order valence-corrected chi connectivity index (χ1v) is 13.3. The summed E-state index contributed by atoms with van der Waals surface area (Å²) in [7, 11) is 0. The maximum atomic E-state index is 9.15. The van der Waals surface area contributed by atoms with E-state index in [0.717, 1.165) is 66.4 Å². The molecule has 0 bridgehead atoms. The molecule has 5 aromatic rings. The highest BCUT2D eigenvalue weighted by Crippen LogP contribution is 2.32. The number of benzene rings is 2. The predicted molar refractivity (Wildman–Crippen MR) is 156 cm³/mol. The van der Waals surface area contributed by atoms with Crippen molar-refractivity contribution in [2.75, 3.05) is 31.9 Å². The van der Waals surface area contributed by atoms with Crippen molar-refractivity contribution < 1.29 is 0 Å². The lowest BCUT2D eigenvalue weighted by Crippen LogP contribution is -2.42. The smallest absolute Gasteiger partial charge is 0.165 e. The number of rotatable bonds is 5. The fourth-order valence-corrected chi connectivity index (χ4v) is 4.74. The van der Waals surface area contributed by atoms with Crippen molar-refractivity contribution in [1.82, 2.24) is 29.7 Å². The van der Waals surface area contributed by atoms with Gasteiger partial charge in [0.15, 0.2) is 11.5 Å². The number of nitrogen functional groups attached to an aromatic ring is 1. The van der Waals surface area contributed by atoms with Crippen LogP contribution in [-0.4, -0.2) is 50.6 Å². The lowest BCUT2D eigenvalue weighted by Gasteiger charge is -2.27. The average Bonchev–Trinajstić information content (AvgIpc) is 3.38. The first-order chi connectivity index (χ1) is 19.2. The van der Waals surface area contributed by atoms with E-state index >= 15 is 0 Å². The van der Waals surface area contributed by atoms with Gasteiger partial charge in [0, 0.05) is 50.2 Å². The molecule has 0 amide bonds. The van der Waals surface area contributed by atoms with Crippen LogP contribution in [0, 0.1) is 11.3 Å². The largest absolute Gasteiger partial charge is 0.383 e. The number of nitriles is 1. The van der Waals surface area contributed by atoms with E-state index < -0.39 is 0 Å². The second kappa shape index (κ2) is 11.9. The van der Waals surface area contributed by atoms with E-state index in [1.807, 2.05) is 54.8 Å². The molecule has 196 valence electrons. The van der Waals surface area contributed by atoms with Crippen LogP contribution in [0.4, 0.5) is 5.82 Å². The van der Waals surface area contributed by atoms with Crippen LogP contribution in [0.1, 0.15) is 25.0 Å². The Balaban J connectivity index is 0.00000151. The molecule has 3 aromatic heterocycles. The lowest BCUT2D eigenvalue weighted by atomic mass is 10.1. The van der Waals surface area contributed by atoms with Gasteiger partial charge in [-0.2, -0.15) is 5.26 Å². The molecule has 1 aliphatic heterocycles. The highest BCUT2D eigenvalue weighted by Gasteiger charge is 2.19. The van der Waals surface area contributed by atoms with Gasteiger partial charge in [-0.05, 0) is 54.1 Å². The van der Waals surface area contributed by atoms with Gasteiger partial charge in [-0.3, -0.25) is 9.47 Å². The fourth-order valence-electron chi connectivity index (χ4n) is 4.74. The first-order valence-electron chi connectivity index (χ1n) is 13.3. The number of fused-ring (bicyclic) bond motifs is 1. The number of hydrogen-bond acceptors (Lipinski definition) is 7. The molecule has 8 nitrogen and oxygen atoms in total. The van der Waals surface area contributed by atoms with Gasteiger partial charge in [0.1, 0.15) is 11.3 Å². The third-order valence-electron chi connectivity index (χ3n) is 6.70. The maximum Gasteiger partial charge on any atom is 0.165 e. The zero-order valence-corrected chi connectivity index (χ0v) is 22.3. The number of nitrogens with one attached hydrogen (secondary N) is 1. The predicted octanol–water partition coefficient (Wildman–Crippen LogP) is 5.03. The molecule has 1 fully saturated rings. The lowest BCUT2D eigenvalue weighted by molar-refractivity contribution is 0.233. The Bertz CT molecular complexity index is 1590. The van der Waals surface area contributed by atoms with Crippen molar-refractivity contribution in [3.8, 4) is 34.4 Å². The topological polar surface area (TPSA) is 109 Å². The molecule has 4 heterocycles. The van der Waals surface area contributed by atoms with Crippen molar-refractivity contribution in [2.45, 2.75) is 20.4 Å². The first kappa shape index (κ1) is 26.0. The Morgan fingerprint density at radius 2 is 1.67 bits per heavy atom. The molecule has 2 aromatic carbocycles. The van der Waals surface area contributed by atoms with Gasteiger partial charge in [-0.25, -0.2) is 15.0 Å². The molecule has 0 atom stereocenters. The van der Waals surface area contributed by atoms with Crippen LogP contribution in [0.2, 0.25) is 0 Å². The van der Waals surface area contributed by atoms with Gasteiger partial charge >= 0.3 is 0 Å². The van der Waals surface area contributed by atoms with Crippen molar-refractivity contribution in [1.29, 1.82) is 5.26 Å². The minimum absolute atomic E-state index is 0.418. The van der Waals surface area contributed by atoms with E-state index in [0.29, 0.717) is 17.2 Å². The van der Waals surface area contributed by atoms with E-state index in [4.69, 9.17) is 21.0 Å². The molecule has 0 saturated carbocycles. The summed E-state index contributed by atoms with van der Waals surface area (Å²) < 4.78 is 2.05. The maximum absolute atomic E-state index is 9.15. The number of nitrogens with zero attached hydrogens (tertiary/aromatic N) is 6. The Labute approximate surface area is 228 Å². The molecule has 0 aliphatic carbocycles. The van der Waals surface area contributed by atoms with Crippen molar-refractivity contribution in [2.24, 2.45) is 0 Å². The van der Waals surface area contributed by atoms with E-state index in [-0.39, 0.29) is 0 Å². The van der Waals surface area contributed by atoms with Gasteiger partial charge in [0.2, 0.25) is 0 Å². The summed E-state index contributed by atoms with van der Waals surface area (Å²) in [5.74, 6) is 1.11. The van der Waals surface area contributed by atoms with E-state index in [9.17, 15) is 0 Å². The quantitative estimate of drug-likeness (QED) is 0.337. The summed E-state index contributed by atoms with van der Waals surface area (Å²) in [6.45, 7) is 9.10. The van der Waals surface area contributed by atoms with E-state index in [1.54, 1.807) is 18.3 Å². The van der Waals surface area contributed by atoms with E-state index in [2.05, 4.69) is 45.5 Å². The molecule has 1 saturated heterocycles. The van der Waals surface area contributed by atoms with Crippen LogP contribution in [0.3, 0.4) is 0 Å². The summed E-state index contributed by atoms with van der Waals surface area (Å²) >= 11 is 0. The fraction of sp³-hybridized carbons (Fsp3) is 0.226. The van der Waals surface area contributed by atoms with Crippen molar-refractivity contribution >= 4 is 17.0 Å². The number of piperazine rings is 1. The van der Waals surface area contributed by atoms with Crippen LogP contribution in [0.15, 0.2) is 79.0 Å². The third kappa shape index (κ3) is 5.50. The molecule has 0 radical (unpaired) electrons. The molecular formula is C31H32N8. The van der Waals surface area contributed by atoms with Gasteiger partial charge in [-0.1, -0.05) is 38.1 Å². The molecule has 6 rings (SSSR count). The number of aromatic nitrogens is 4. The molecule has 39 heavy (non-hydrogen) atoms. The summed E-state index contributed by atoms with van der Waals surface area (Å²) in [4.78, 5) is 16.7. The summed E-state index contributed by atoms with van der Waals surface area (Å²) in [5.41, 5.74) is 13.1. The third-order valence-corrected chi connectivity index (χ3v) is 6.70. The van der Waals surface area contributed by atoms with Crippen LogP contribution < -0.4 is 11.1 Å². The SMILES string of the molecule is CC.N#Cc1ccc(-c2ccc3nc(-c4cccnc4N)n(-c4ccc(CN5CCNCC5)cc4)c3n2)cc1. The minimum atomic E-state index is 0.418. The number of hydrogen-bond donors (Lipinski definition) is 2. The highest BCUT2D eigenvalue weighted by molar-refractivity contribution is 5.84. The van der Waals surface area contributed by atoms with Crippen LogP contribution in [0.5, 0.6) is 0 Å². The number of pyridine rings is 2. The summed E-state index contributed by atoms with van der Waals surface area (Å²) in [6, 6.07) is 25.9. The number of imidazole rings is 1. The van der Waals surface area contributed by atoms with Crippen LogP contribution in [-0.2, 0) is 6.54 Å². The Hall–Kier alpha value is -4.58. The average molecular weight is 517 g/mol. The molecular weight excluding hydrogens is 484 g/mol. The normalized spacial score (nSPS) is 13.5. The van der Waals surface area contributed by atoms with Gasteiger partial charge in [0.05, 0.1) is 22.9 Å². The molecule has 8 heteroatoms. The van der Waals surface area contributed by atoms with Crippen LogP contribution >= 0.6 is 0 Å². The van der Waals surface area contributed by atoms with Crippen molar-refractivity contribution in [3.05, 3.63) is 90.1 Å². The van der Waals surface area contributed by atoms with Gasteiger partial charge in [-0.15, -0.1) is 0 Å². The highest BCUT2D eigenvalue weighted by atomic mass is 15.2. The van der Waals surface area contributed by atoms with Gasteiger partial charge in [0.25, 0.3) is 0 Å². The Kier molecular flexibility index (Phi) is 7.92. The molecule has 3 N–H and O–H groups in total. The summed E-state index contributed by atoms with van der Waals surface area (Å²) in [5, 5.41) is 12.6. The molecule has 0 spiro atoms. The van der Waals surface area contributed by atoms with Gasteiger partial charge < -0.3 is 11.1 Å². The number of nitrogens with two attached hydrogens (primary N) is 1. The minimum Gasteiger partial charge on any atom is -0.383 e. The Morgan fingerprint density at radius 3 is 2.36 bits per heavy atom. The monoisotopic (exact) mass is 516 g/mol. The Morgan fingerprint density at radius 1 is 0.923 bits per heavy atom. The van der Waals surface area contributed by atoms with Crippen molar-refractivity contribution in [3.63, 3.8) is 0 Å². The second-order valence-corrected chi connectivity index (χ2v) is 9.13. The second-order valence-electron chi connectivity index (χ2n) is 9.13. The van der Waals surface area contributed by atoms with Crippen LogP contribution in [0.25, 0.3) is 39.5 Å².